The lowest BCUT2D eigenvalue weighted by Gasteiger charge is -2.29. The van der Waals surface area contributed by atoms with Crippen LogP contribution in [0.15, 0.2) is 24.3 Å². The molecule has 1 aromatic carbocycles. The molecule has 2 rings (SSSR count). The molecule has 1 aromatic rings. The lowest BCUT2D eigenvalue weighted by molar-refractivity contribution is -0.0382. The van der Waals surface area contributed by atoms with E-state index in [0.717, 1.165) is 25.2 Å². The molecule has 1 saturated heterocycles. The van der Waals surface area contributed by atoms with Crippen molar-refractivity contribution in [3.8, 4) is 0 Å². The van der Waals surface area contributed by atoms with E-state index >= 15 is 0 Å². The molecule has 3 heteroatoms. The van der Waals surface area contributed by atoms with Crippen molar-refractivity contribution in [2.24, 2.45) is 11.7 Å². The number of benzene rings is 1. The molecule has 0 radical (unpaired) electrons. The van der Waals surface area contributed by atoms with E-state index in [4.69, 9.17) is 10.5 Å². The van der Waals surface area contributed by atoms with Crippen LogP contribution in [0.5, 0.6) is 0 Å². The van der Waals surface area contributed by atoms with Crippen LogP contribution in [0.4, 0.5) is 4.39 Å². The fourth-order valence-electron chi connectivity index (χ4n) is 1.95. The molecule has 2 N–H and O–H groups in total. The highest BCUT2D eigenvalue weighted by Gasteiger charge is 2.23. The first-order valence-corrected chi connectivity index (χ1v) is 5.33. The smallest absolute Gasteiger partial charge is 0.123 e. The minimum atomic E-state index is -0.184. The Kier molecular flexibility index (Phi) is 3.34. The second-order valence-electron chi connectivity index (χ2n) is 4.13. The fourth-order valence-corrected chi connectivity index (χ4v) is 1.95. The van der Waals surface area contributed by atoms with Crippen LogP contribution in [-0.4, -0.2) is 19.8 Å². The molecule has 0 aromatic heterocycles. The maximum Gasteiger partial charge on any atom is 0.123 e. The maximum atomic E-state index is 13.0. The van der Waals surface area contributed by atoms with Crippen LogP contribution in [0.1, 0.15) is 17.9 Å². The molecule has 1 atom stereocenters. The Labute approximate surface area is 89.2 Å². The van der Waals surface area contributed by atoms with Crippen LogP contribution in [0.3, 0.4) is 0 Å². The van der Waals surface area contributed by atoms with E-state index in [-0.39, 0.29) is 11.7 Å². The Balaban J connectivity index is 2.04. The third-order valence-electron chi connectivity index (χ3n) is 2.93. The number of rotatable bonds is 4. The van der Waals surface area contributed by atoms with Crippen molar-refractivity contribution in [1.82, 2.24) is 0 Å². The van der Waals surface area contributed by atoms with E-state index < -0.39 is 0 Å². The van der Waals surface area contributed by atoms with Gasteiger partial charge in [-0.25, -0.2) is 4.39 Å². The summed E-state index contributed by atoms with van der Waals surface area (Å²) in [7, 11) is 0. The van der Waals surface area contributed by atoms with Crippen molar-refractivity contribution < 1.29 is 9.13 Å². The third-order valence-corrected chi connectivity index (χ3v) is 2.93. The molecule has 0 amide bonds. The van der Waals surface area contributed by atoms with Crippen LogP contribution in [0.2, 0.25) is 0 Å². The molecular weight excluding hydrogens is 193 g/mol. The minimum absolute atomic E-state index is 0.184. The summed E-state index contributed by atoms with van der Waals surface area (Å²) < 4.78 is 18.2. The lowest BCUT2D eigenvalue weighted by atomic mass is 9.88. The fraction of sp³-hybridized carbons (Fsp3) is 0.500. The van der Waals surface area contributed by atoms with Gasteiger partial charge in [0, 0.05) is 5.92 Å². The zero-order valence-corrected chi connectivity index (χ0v) is 8.66. The normalized spacial score (nSPS) is 18.5. The average molecular weight is 209 g/mol. The van der Waals surface area contributed by atoms with Gasteiger partial charge in [0.1, 0.15) is 5.82 Å². The van der Waals surface area contributed by atoms with Gasteiger partial charge in [0.15, 0.2) is 0 Å². The van der Waals surface area contributed by atoms with Gasteiger partial charge < -0.3 is 10.5 Å². The highest BCUT2D eigenvalue weighted by molar-refractivity contribution is 5.21. The van der Waals surface area contributed by atoms with Gasteiger partial charge in [0.05, 0.1) is 13.2 Å². The minimum Gasteiger partial charge on any atom is -0.381 e. The molecule has 2 nitrogen and oxygen atoms in total. The van der Waals surface area contributed by atoms with Crippen molar-refractivity contribution in [3.05, 3.63) is 35.6 Å². The molecule has 1 fully saturated rings. The molecule has 15 heavy (non-hydrogen) atoms. The van der Waals surface area contributed by atoms with Crippen molar-refractivity contribution in [2.45, 2.75) is 12.3 Å². The number of halogens is 1. The monoisotopic (exact) mass is 209 g/mol. The van der Waals surface area contributed by atoms with E-state index in [1.807, 2.05) is 6.07 Å². The van der Waals surface area contributed by atoms with E-state index in [9.17, 15) is 4.39 Å². The Morgan fingerprint density at radius 2 is 2.27 bits per heavy atom. The van der Waals surface area contributed by atoms with Crippen LogP contribution < -0.4 is 5.73 Å². The van der Waals surface area contributed by atoms with Gasteiger partial charge >= 0.3 is 0 Å². The van der Waals surface area contributed by atoms with E-state index in [2.05, 4.69) is 0 Å². The largest absolute Gasteiger partial charge is 0.381 e. The number of hydrogen-bond donors (Lipinski definition) is 1. The van der Waals surface area contributed by atoms with Crippen molar-refractivity contribution in [2.75, 3.05) is 19.8 Å². The van der Waals surface area contributed by atoms with Crippen molar-refractivity contribution >= 4 is 0 Å². The van der Waals surface area contributed by atoms with Crippen LogP contribution in [0, 0.1) is 11.7 Å². The predicted molar refractivity (Wildman–Crippen MR) is 57.1 cm³/mol. The van der Waals surface area contributed by atoms with Gasteiger partial charge in [0.2, 0.25) is 0 Å². The SMILES string of the molecule is NCC(CC1COC1)c1cccc(F)c1. The number of hydrogen-bond acceptors (Lipinski definition) is 2. The number of nitrogens with two attached hydrogens (primary N) is 1. The summed E-state index contributed by atoms with van der Waals surface area (Å²) in [6.07, 6.45) is 1.000. The Morgan fingerprint density at radius 3 is 2.80 bits per heavy atom. The standard InChI is InChI=1S/C12H16FNO/c13-12-3-1-2-10(5-12)11(6-14)4-9-7-15-8-9/h1-3,5,9,11H,4,6-8,14H2. The molecule has 1 unspecified atom stereocenters. The highest BCUT2D eigenvalue weighted by Crippen LogP contribution is 2.27. The maximum absolute atomic E-state index is 13.0. The van der Waals surface area contributed by atoms with Crippen molar-refractivity contribution in [3.63, 3.8) is 0 Å². The van der Waals surface area contributed by atoms with Crippen LogP contribution in [-0.2, 0) is 4.74 Å². The molecule has 0 spiro atoms. The molecule has 1 heterocycles. The summed E-state index contributed by atoms with van der Waals surface area (Å²) in [6, 6.07) is 6.73. The Hall–Kier alpha value is -0.930. The average Bonchev–Trinajstić information content (AvgIpc) is 2.16. The zero-order chi connectivity index (χ0) is 10.7. The molecular formula is C12H16FNO. The second kappa shape index (κ2) is 4.73. The predicted octanol–water partition coefficient (Wildman–Crippen LogP) is 1.90. The van der Waals surface area contributed by atoms with Gasteiger partial charge in [-0.1, -0.05) is 12.1 Å². The second-order valence-corrected chi connectivity index (χ2v) is 4.13. The van der Waals surface area contributed by atoms with Crippen LogP contribution in [0.25, 0.3) is 0 Å². The molecule has 0 saturated carbocycles. The molecule has 1 aliphatic heterocycles. The number of ether oxygens (including phenoxy) is 1. The van der Waals surface area contributed by atoms with Gasteiger partial charge in [-0.2, -0.15) is 0 Å². The van der Waals surface area contributed by atoms with Gasteiger partial charge in [-0.3, -0.25) is 0 Å². The Morgan fingerprint density at radius 1 is 1.47 bits per heavy atom. The van der Waals surface area contributed by atoms with Gasteiger partial charge in [-0.15, -0.1) is 0 Å². The van der Waals surface area contributed by atoms with Gasteiger partial charge in [-0.05, 0) is 36.6 Å². The Bertz CT molecular complexity index is 325. The molecule has 82 valence electrons. The van der Waals surface area contributed by atoms with E-state index in [1.54, 1.807) is 12.1 Å². The zero-order valence-electron chi connectivity index (χ0n) is 8.66. The summed E-state index contributed by atoms with van der Waals surface area (Å²) in [4.78, 5) is 0. The summed E-state index contributed by atoms with van der Waals surface area (Å²) in [5.74, 6) is 0.673. The summed E-state index contributed by atoms with van der Waals surface area (Å²) in [6.45, 7) is 2.22. The van der Waals surface area contributed by atoms with Gasteiger partial charge in [0.25, 0.3) is 0 Å². The first kappa shape index (κ1) is 10.6. The van der Waals surface area contributed by atoms with Crippen LogP contribution >= 0.6 is 0 Å². The topological polar surface area (TPSA) is 35.2 Å². The summed E-state index contributed by atoms with van der Waals surface area (Å²) >= 11 is 0. The molecule has 0 bridgehead atoms. The first-order chi connectivity index (χ1) is 7.29. The molecule has 0 aliphatic carbocycles. The third kappa shape index (κ3) is 2.55. The summed E-state index contributed by atoms with van der Waals surface area (Å²) in [5.41, 5.74) is 6.72. The summed E-state index contributed by atoms with van der Waals surface area (Å²) in [5, 5.41) is 0. The van der Waals surface area contributed by atoms with E-state index in [1.165, 1.54) is 6.07 Å². The quantitative estimate of drug-likeness (QED) is 0.822. The van der Waals surface area contributed by atoms with Crippen molar-refractivity contribution in [1.29, 1.82) is 0 Å². The molecule has 1 aliphatic rings. The lowest BCUT2D eigenvalue weighted by Crippen LogP contribution is -2.30. The van der Waals surface area contributed by atoms with E-state index in [0.29, 0.717) is 12.5 Å². The highest BCUT2D eigenvalue weighted by atomic mass is 19.1. The first-order valence-electron chi connectivity index (χ1n) is 5.33.